The quantitative estimate of drug-likeness (QED) is 0.810. The molecule has 1 aliphatic carbocycles. The van der Waals surface area contributed by atoms with E-state index in [0.29, 0.717) is 6.04 Å². The third-order valence-electron chi connectivity index (χ3n) is 4.04. The van der Waals surface area contributed by atoms with Crippen LogP contribution >= 0.6 is 0 Å². The van der Waals surface area contributed by atoms with Crippen molar-refractivity contribution in [3.05, 3.63) is 11.7 Å². The predicted molar refractivity (Wildman–Crippen MR) is 72.7 cm³/mol. The third kappa shape index (κ3) is 3.76. The standard InChI is InChI=1S/C14H24N4O/c1-2-13-16-14(19-17-13)10-18(8-11-5-6-11)9-12-4-3-7-15-12/h11-12,15H,2-10H2,1H3. The van der Waals surface area contributed by atoms with Gasteiger partial charge in [-0.05, 0) is 38.1 Å². The molecule has 0 aromatic carbocycles. The molecule has 1 aromatic rings. The molecule has 0 spiro atoms. The van der Waals surface area contributed by atoms with Crippen molar-refractivity contribution in [2.75, 3.05) is 19.6 Å². The highest BCUT2D eigenvalue weighted by molar-refractivity contribution is 4.88. The lowest BCUT2D eigenvalue weighted by atomic mass is 10.2. The van der Waals surface area contributed by atoms with Crippen LogP contribution in [0.1, 0.15) is 44.3 Å². The van der Waals surface area contributed by atoms with Gasteiger partial charge in [0, 0.05) is 25.6 Å². The second-order valence-electron chi connectivity index (χ2n) is 5.89. The molecule has 3 rings (SSSR count). The average Bonchev–Trinajstić information content (AvgIpc) is 2.91. The van der Waals surface area contributed by atoms with Crippen LogP contribution in [0.25, 0.3) is 0 Å². The molecule has 5 nitrogen and oxygen atoms in total. The smallest absolute Gasteiger partial charge is 0.240 e. The van der Waals surface area contributed by atoms with E-state index in [1.165, 1.54) is 38.8 Å². The van der Waals surface area contributed by atoms with Crippen molar-refractivity contribution in [2.24, 2.45) is 5.92 Å². The van der Waals surface area contributed by atoms with Crippen LogP contribution in [0.2, 0.25) is 0 Å². The molecule has 2 aliphatic rings. The van der Waals surface area contributed by atoms with E-state index < -0.39 is 0 Å². The van der Waals surface area contributed by atoms with Crippen molar-refractivity contribution in [1.29, 1.82) is 0 Å². The Labute approximate surface area is 114 Å². The summed E-state index contributed by atoms with van der Waals surface area (Å²) in [6.07, 6.45) is 6.22. The summed E-state index contributed by atoms with van der Waals surface area (Å²) in [5.74, 6) is 2.49. The fourth-order valence-corrected chi connectivity index (χ4v) is 2.78. The molecule has 1 aromatic heterocycles. The minimum absolute atomic E-state index is 0.646. The molecular weight excluding hydrogens is 240 g/mol. The van der Waals surface area contributed by atoms with E-state index in [9.17, 15) is 0 Å². The summed E-state index contributed by atoms with van der Waals surface area (Å²) in [4.78, 5) is 6.92. The number of aryl methyl sites for hydroxylation is 1. The second kappa shape index (κ2) is 6.01. The summed E-state index contributed by atoms with van der Waals surface area (Å²) >= 11 is 0. The highest BCUT2D eigenvalue weighted by atomic mass is 16.5. The Balaban J connectivity index is 1.57. The van der Waals surface area contributed by atoms with Gasteiger partial charge in [-0.2, -0.15) is 4.98 Å². The van der Waals surface area contributed by atoms with Gasteiger partial charge < -0.3 is 9.84 Å². The van der Waals surface area contributed by atoms with Crippen LogP contribution in [0.3, 0.4) is 0 Å². The van der Waals surface area contributed by atoms with Crippen LogP contribution in [0.5, 0.6) is 0 Å². The van der Waals surface area contributed by atoms with E-state index in [1.54, 1.807) is 0 Å². The first-order chi connectivity index (χ1) is 9.33. The molecule has 0 amide bonds. The molecule has 2 fully saturated rings. The zero-order valence-corrected chi connectivity index (χ0v) is 11.8. The Morgan fingerprint density at radius 1 is 1.32 bits per heavy atom. The molecule has 1 atom stereocenters. The normalized spacial score (nSPS) is 23.4. The van der Waals surface area contributed by atoms with Gasteiger partial charge in [-0.15, -0.1) is 0 Å². The van der Waals surface area contributed by atoms with Crippen LogP contribution in [0.4, 0.5) is 0 Å². The van der Waals surface area contributed by atoms with Crippen molar-refractivity contribution in [3.63, 3.8) is 0 Å². The largest absolute Gasteiger partial charge is 0.338 e. The SMILES string of the molecule is CCc1noc(CN(CC2CC2)CC2CCCN2)n1. The van der Waals surface area contributed by atoms with Gasteiger partial charge in [-0.25, -0.2) is 0 Å². The van der Waals surface area contributed by atoms with E-state index in [4.69, 9.17) is 4.52 Å². The van der Waals surface area contributed by atoms with Gasteiger partial charge in [0.2, 0.25) is 5.89 Å². The number of hydrogen-bond donors (Lipinski definition) is 1. The van der Waals surface area contributed by atoms with Gasteiger partial charge >= 0.3 is 0 Å². The molecule has 1 aliphatic heterocycles. The van der Waals surface area contributed by atoms with Crippen LogP contribution in [0.15, 0.2) is 4.52 Å². The van der Waals surface area contributed by atoms with Crippen LogP contribution in [-0.2, 0) is 13.0 Å². The van der Waals surface area contributed by atoms with Crippen LogP contribution in [0, 0.1) is 5.92 Å². The Hall–Kier alpha value is -0.940. The van der Waals surface area contributed by atoms with Crippen LogP contribution in [-0.4, -0.2) is 40.7 Å². The van der Waals surface area contributed by atoms with Crippen molar-refractivity contribution in [3.8, 4) is 0 Å². The van der Waals surface area contributed by atoms with Gasteiger partial charge in [-0.1, -0.05) is 12.1 Å². The minimum atomic E-state index is 0.646. The highest BCUT2D eigenvalue weighted by Crippen LogP contribution is 2.30. The summed E-state index contributed by atoms with van der Waals surface area (Å²) < 4.78 is 5.33. The van der Waals surface area contributed by atoms with E-state index in [2.05, 4.69) is 27.3 Å². The minimum Gasteiger partial charge on any atom is -0.338 e. The lowest BCUT2D eigenvalue weighted by Crippen LogP contribution is -2.38. The van der Waals surface area contributed by atoms with Gasteiger partial charge in [0.15, 0.2) is 5.82 Å². The van der Waals surface area contributed by atoms with Gasteiger partial charge in [0.05, 0.1) is 6.54 Å². The summed E-state index contributed by atoms with van der Waals surface area (Å²) in [7, 11) is 0. The third-order valence-corrected chi connectivity index (χ3v) is 4.04. The number of hydrogen-bond acceptors (Lipinski definition) is 5. The first kappa shape index (κ1) is 13.1. The molecule has 1 N–H and O–H groups in total. The molecule has 1 saturated heterocycles. The van der Waals surface area contributed by atoms with Gasteiger partial charge in [-0.3, -0.25) is 4.90 Å². The van der Waals surface area contributed by atoms with Gasteiger partial charge in [0.25, 0.3) is 0 Å². The van der Waals surface area contributed by atoms with Crippen molar-refractivity contribution in [2.45, 2.75) is 51.6 Å². The first-order valence-corrected chi connectivity index (χ1v) is 7.60. The van der Waals surface area contributed by atoms with Gasteiger partial charge in [0.1, 0.15) is 0 Å². The molecule has 1 saturated carbocycles. The number of aromatic nitrogens is 2. The maximum absolute atomic E-state index is 5.33. The summed E-state index contributed by atoms with van der Waals surface area (Å²) in [6.45, 7) is 6.32. The fourth-order valence-electron chi connectivity index (χ4n) is 2.78. The van der Waals surface area contributed by atoms with Crippen LogP contribution < -0.4 is 5.32 Å². The molecule has 5 heteroatoms. The average molecular weight is 264 g/mol. The molecule has 0 bridgehead atoms. The summed E-state index contributed by atoms with van der Waals surface area (Å²) in [6, 6.07) is 0.646. The molecule has 0 radical (unpaired) electrons. The monoisotopic (exact) mass is 264 g/mol. The molecule has 2 heterocycles. The fraction of sp³-hybridized carbons (Fsp3) is 0.857. The highest BCUT2D eigenvalue weighted by Gasteiger charge is 2.27. The Morgan fingerprint density at radius 3 is 2.84 bits per heavy atom. The molecular formula is C14H24N4O. The predicted octanol–water partition coefficient (Wildman–Crippen LogP) is 1.60. The lowest BCUT2D eigenvalue weighted by Gasteiger charge is -2.24. The maximum atomic E-state index is 5.33. The number of rotatable bonds is 7. The molecule has 19 heavy (non-hydrogen) atoms. The van der Waals surface area contributed by atoms with E-state index in [-0.39, 0.29) is 0 Å². The zero-order chi connectivity index (χ0) is 13.1. The topological polar surface area (TPSA) is 54.2 Å². The van der Waals surface area contributed by atoms with E-state index in [1.807, 2.05) is 0 Å². The van der Waals surface area contributed by atoms with E-state index in [0.717, 1.165) is 37.1 Å². The van der Waals surface area contributed by atoms with Crippen molar-refractivity contribution in [1.82, 2.24) is 20.4 Å². The first-order valence-electron chi connectivity index (χ1n) is 7.60. The summed E-state index contributed by atoms with van der Waals surface area (Å²) in [5, 5.41) is 7.56. The molecule has 1 unspecified atom stereocenters. The lowest BCUT2D eigenvalue weighted by molar-refractivity contribution is 0.202. The van der Waals surface area contributed by atoms with Crippen molar-refractivity contribution < 1.29 is 4.52 Å². The Kier molecular flexibility index (Phi) is 4.13. The zero-order valence-electron chi connectivity index (χ0n) is 11.8. The molecule has 106 valence electrons. The number of nitrogens with one attached hydrogen (secondary N) is 1. The van der Waals surface area contributed by atoms with Crippen molar-refractivity contribution >= 4 is 0 Å². The van der Waals surface area contributed by atoms with E-state index >= 15 is 0 Å². The maximum Gasteiger partial charge on any atom is 0.240 e. The Morgan fingerprint density at radius 2 is 2.21 bits per heavy atom. The number of nitrogens with zero attached hydrogens (tertiary/aromatic N) is 3. The summed E-state index contributed by atoms with van der Waals surface area (Å²) in [5.41, 5.74) is 0. The second-order valence-corrected chi connectivity index (χ2v) is 5.89. The Bertz CT molecular complexity index is 396.